The summed E-state index contributed by atoms with van der Waals surface area (Å²) in [6, 6.07) is 0. The molecule has 10 heteroatoms. The van der Waals surface area contributed by atoms with Gasteiger partial charge in [-0.15, -0.1) is 0 Å². The van der Waals surface area contributed by atoms with Crippen LogP contribution in [0.4, 0.5) is 39.5 Å². The first-order chi connectivity index (χ1) is 6.65. The average molecular weight is 263 g/mol. The van der Waals surface area contributed by atoms with E-state index in [1.54, 1.807) is 0 Å². The SMILES string of the molecule is CC(C(F)(F)F)C(N)(C(F)(F)F)C(F)(F)F. The Labute approximate surface area is 83.4 Å². The lowest BCUT2D eigenvalue weighted by Crippen LogP contribution is -2.70. The minimum Gasteiger partial charge on any atom is -0.309 e. The molecule has 0 aromatic rings. The summed E-state index contributed by atoms with van der Waals surface area (Å²) >= 11 is 0. The van der Waals surface area contributed by atoms with E-state index in [0.717, 1.165) is 0 Å². The molecule has 0 aromatic heterocycles. The Kier molecular flexibility index (Phi) is 3.52. The van der Waals surface area contributed by atoms with E-state index in [-0.39, 0.29) is 6.92 Å². The van der Waals surface area contributed by atoms with Gasteiger partial charge >= 0.3 is 18.5 Å². The summed E-state index contributed by atoms with van der Waals surface area (Å²) in [5.41, 5.74) is -1.40. The van der Waals surface area contributed by atoms with Crippen molar-refractivity contribution in [3.05, 3.63) is 0 Å². The maximum Gasteiger partial charge on any atom is 0.415 e. The van der Waals surface area contributed by atoms with Gasteiger partial charge in [0.1, 0.15) is 0 Å². The van der Waals surface area contributed by atoms with E-state index in [9.17, 15) is 39.5 Å². The Morgan fingerprint density at radius 2 is 1.00 bits per heavy atom. The molecular formula is C6H6F9N. The van der Waals surface area contributed by atoms with Gasteiger partial charge in [0, 0.05) is 0 Å². The molecule has 0 saturated carbocycles. The highest BCUT2D eigenvalue weighted by Gasteiger charge is 2.75. The van der Waals surface area contributed by atoms with Gasteiger partial charge in [-0.25, -0.2) is 0 Å². The molecule has 98 valence electrons. The van der Waals surface area contributed by atoms with Crippen LogP contribution >= 0.6 is 0 Å². The van der Waals surface area contributed by atoms with Crippen LogP contribution in [-0.4, -0.2) is 24.1 Å². The predicted molar refractivity (Wildman–Crippen MR) is 34.2 cm³/mol. The molecule has 0 fully saturated rings. The van der Waals surface area contributed by atoms with E-state index in [4.69, 9.17) is 0 Å². The summed E-state index contributed by atoms with van der Waals surface area (Å²) in [7, 11) is 0. The summed E-state index contributed by atoms with van der Waals surface area (Å²) in [6.07, 6.45) is -18.2. The maximum absolute atomic E-state index is 12.0. The first-order valence-corrected chi connectivity index (χ1v) is 3.64. The van der Waals surface area contributed by atoms with Crippen molar-refractivity contribution in [3.63, 3.8) is 0 Å². The first kappa shape index (κ1) is 15.3. The molecule has 0 aromatic carbocycles. The molecular weight excluding hydrogens is 257 g/mol. The third-order valence-electron chi connectivity index (χ3n) is 2.11. The number of halogens is 9. The van der Waals surface area contributed by atoms with Crippen molar-refractivity contribution in [3.8, 4) is 0 Å². The highest BCUT2D eigenvalue weighted by molar-refractivity contribution is 5.04. The van der Waals surface area contributed by atoms with Crippen molar-refractivity contribution in [2.24, 2.45) is 11.7 Å². The molecule has 0 rings (SSSR count). The molecule has 1 atom stereocenters. The molecule has 0 radical (unpaired) electrons. The van der Waals surface area contributed by atoms with Crippen LogP contribution in [0.3, 0.4) is 0 Å². The van der Waals surface area contributed by atoms with Crippen LogP contribution in [0.2, 0.25) is 0 Å². The monoisotopic (exact) mass is 263 g/mol. The summed E-state index contributed by atoms with van der Waals surface area (Å²) in [5.74, 6) is -3.79. The molecule has 0 spiro atoms. The second kappa shape index (κ2) is 3.67. The quantitative estimate of drug-likeness (QED) is 0.723. The van der Waals surface area contributed by atoms with Crippen LogP contribution in [0.25, 0.3) is 0 Å². The lowest BCUT2D eigenvalue weighted by Gasteiger charge is -2.38. The average Bonchev–Trinajstić information content (AvgIpc) is 1.95. The molecule has 0 aliphatic rings. The fourth-order valence-corrected chi connectivity index (χ4v) is 0.910. The van der Waals surface area contributed by atoms with Crippen molar-refractivity contribution in [2.75, 3.05) is 0 Å². The number of hydrogen-bond acceptors (Lipinski definition) is 1. The molecule has 1 unspecified atom stereocenters. The molecule has 0 saturated heterocycles. The van der Waals surface area contributed by atoms with Crippen LogP contribution in [0.1, 0.15) is 6.92 Å². The van der Waals surface area contributed by atoms with E-state index in [1.165, 1.54) is 0 Å². The fourth-order valence-electron chi connectivity index (χ4n) is 0.910. The highest BCUT2D eigenvalue weighted by Crippen LogP contribution is 2.50. The highest BCUT2D eigenvalue weighted by atomic mass is 19.4. The molecule has 1 nitrogen and oxygen atoms in total. The van der Waals surface area contributed by atoms with Crippen molar-refractivity contribution in [1.82, 2.24) is 0 Å². The molecule has 16 heavy (non-hydrogen) atoms. The third kappa shape index (κ3) is 2.36. The van der Waals surface area contributed by atoms with Gasteiger partial charge in [0.15, 0.2) is 0 Å². The Morgan fingerprint density at radius 3 is 1.06 bits per heavy atom. The van der Waals surface area contributed by atoms with Crippen molar-refractivity contribution >= 4 is 0 Å². The maximum atomic E-state index is 12.0. The van der Waals surface area contributed by atoms with Gasteiger partial charge in [0.25, 0.3) is 0 Å². The zero-order valence-electron chi connectivity index (χ0n) is 7.56. The predicted octanol–water partition coefficient (Wildman–Crippen LogP) is 3.01. The molecule has 0 aliphatic heterocycles. The Hall–Kier alpha value is -0.670. The van der Waals surface area contributed by atoms with Crippen molar-refractivity contribution in [2.45, 2.75) is 31.0 Å². The van der Waals surface area contributed by atoms with Crippen molar-refractivity contribution < 1.29 is 39.5 Å². The topological polar surface area (TPSA) is 26.0 Å². The number of nitrogens with two attached hydrogens (primary N) is 1. The van der Waals surface area contributed by atoms with Gasteiger partial charge in [0.05, 0.1) is 5.92 Å². The van der Waals surface area contributed by atoms with Gasteiger partial charge in [-0.3, -0.25) is 0 Å². The van der Waals surface area contributed by atoms with Crippen LogP contribution < -0.4 is 5.73 Å². The number of alkyl halides is 9. The largest absolute Gasteiger partial charge is 0.415 e. The first-order valence-electron chi connectivity index (χ1n) is 3.64. The summed E-state index contributed by atoms with van der Waals surface area (Å²) in [6.45, 7) is -0.263. The van der Waals surface area contributed by atoms with Gasteiger partial charge in [-0.1, -0.05) is 6.92 Å². The standard InChI is InChI=1S/C6H6F9N/c1-2(4(7,8)9)3(16,5(10,11)12)6(13,14)15/h2H,16H2,1H3. The minimum atomic E-state index is -6.25. The zero-order valence-corrected chi connectivity index (χ0v) is 7.56. The summed E-state index contributed by atoms with van der Waals surface area (Å²) < 4.78 is 108. The van der Waals surface area contributed by atoms with Gasteiger partial charge < -0.3 is 5.73 Å². The molecule has 2 N–H and O–H groups in total. The van der Waals surface area contributed by atoms with Gasteiger partial charge in [-0.05, 0) is 0 Å². The van der Waals surface area contributed by atoms with Crippen molar-refractivity contribution in [1.29, 1.82) is 0 Å². The lowest BCUT2D eigenvalue weighted by molar-refractivity contribution is -0.341. The minimum absolute atomic E-state index is 0.263. The third-order valence-corrected chi connectivity index (χ3v) is 2.11. The Balaban J connectivity index is 5.63. The Morgan fingerprint density at radius 1 is 0.750 bits per heavy atom. The normalized spacial score (nSPS) is 17.4. The summed E-state index contributed by atoms with van der Waals surface area (Å²) in [5, 5.41) is 0. The van der Waals surface area contributed by atoms with E-state index in [0.29, 0.717) is 0 Å². The lowest BCUT2D eigenvalue weighted by atomic mass is 9.84. The molecule has 0 heterocycles. The molecule has 0 bridgehead atoms. The van der Waals surface area contributed by atoms with Crippen LogP contribution in [0.5, 0.6) is 0 Å². The number of rotatable bonds is 1. The second-order valence-corrected chi connectivity index (χ2v) is 3.13. The molecule has 0 amide bonds. The van der Waals surface area contributed by atoms with Crippen LogP contribution in [0, 0.1) is 5.92 Å². The van der Waals surface area contributed by atoms with Gasteiger partial charge in [-0.2, -0.15) is 39.5 Å². The molecule has 0 aliphatic carbocycles. The van der Waals surface area contributed by atoms with Crippen LogP contribution in [0.15, 0.2) is 0 Å². The fraction of sp³-hybridized carbons (Fsp3) is 1.00. The van der Waals surface area contributed by atoms with E-state index in [1.807, 2.05) is 0 Å². The smallest absolute Gasteiger partial charge is 0.309 e. The van der Waals surface area contributed by atoms with Gasteiger partial charge in [0.2, 0.25) is 5.54 Å². The van der Waals surface area contributed by atoms with E-state index >= 15 is 0 Å². The van der Waals surface area contributed by atoms with E-state index in [2.05, 4.69) is 5.73 Å². The Bertz CT molecular complexity index is 232. The number of hydrogen-bond donors (Lipinski definition) is 1. The zero-order chi connectivity index (χ0) is 13.6. The van der Waals surface area contributed by atoms with E-state index < -0.39 is 30.0 Å². The second-order valence-electron chi connectivity index (χ2n) is 3.13. The summed E-state index contributed by atoms with van der Waals surface area (Å²) in [4.78, 5) is 0. The van der Waals surface area contributed by atoms with Crippen LogP contribution in [-0.2, 0) is 0 Å².